The van der Waals surface area contributed by atoms with Gasteiger partial charge in [-0.1, -0.05) is 85.7 Å². The van der Waals surface area contributed by atoms with Gasteiger partial charge in [0.25, 0.3) is 0 Å². The molecule has 2 aromatic carbocycles. The van der Waals surface area contributed by atoms with Crippen molar-refractivity contribution < 1.29 is 5.11 Å². The molecular weight excluding hydrogens is 452 g/mol. The van der Waals surface area contributed by atoms with Gasteiger partial charge in [0.15, 0.2) is 0 Å². The van der Waals surface area contributed by atoms with Gasteiger partial charge in [-0.25, -0.2) is 0 Å². The van der Waals surface area contributed by atoms with E-state index in [1.54, 1.807) is 0 Å². The Morgan fingerprint density at radius 1 is 0.919 bits per heavy atom. The molecule has 3 nitrogen and oxygen atoms in total. The molecule has 2 aromatic heterocycles. The summed E-state index contributed by atoms with van der Waals surface area (Å²) in [5.74, 6) is 0.915. The van der Waals surface area contributed by atoms with Crippen molar-refractivity contribution in [2.45, 2.75) is 92.1 Å². The van der Waals surface area contributed by atoms with Gasteiger partial charge < -0.3 is 9.67 Å². The number of pyridine rings is 1. The Balaban J connectivity index is 1.97. The lowest BCUT2D eigenvalue weighted by Crippen LogP contribution is -2.34. The summed E-state index contributed by atoms with van der Waals surface area (Å²) < 4.78 is 2.25. The topological polar surface area (TPSA) is 38.0 Å². The van der Waals surface area contributed by atoms with Gasteiger partial charge in [-0.3, -0.25) is 4.98 Å². The molecule has 0 radical (unpaired) electrons. The molecule has 0 saturated heterocycles. The lowest BCUT2D eigenvalue weighted by Gasteiger charge is -2.32. The first kappa shape index (κ1) is 27.1. The molecule has 0 amide bonds. The summed E-state index contributed by atoms with van der Waals surface area (Å²) in [4.78, 5) is 5.03. The first-order valence-electron chi connectivity index (χ1n) is 14.0. The zero-order chi connectivity index (χ0) is 26.9. The third-order valence-corrected chi connectivity index (χ3v) is 8.01. The number of hydrogen-bond donors (Lipinski definition) is 1. The molecule has 0 aliphatic rings. The van der Waals surface area contributed by atoms with Gasteiger partial charge in [0.1, 0.15) is 0 Å². The zero-order valence-corrected chi connectivity index (χ0v) is 24.0. The first-order chi connectivity index (χ1) is 17.6. The Bertz CT molecular complexity index is 1340. The molecule has 3 heteroatoms. The summed E-state index contributed by atoms with van der Waals surface area (Å²) in [6, 6.07) is 17.7. The van der Waals surface area contributed by atoms with Crippen LogP contribution in [0.15, 0.2) is 60.9 Å². The number of hydrogen-bond acceptors (Lipinski definition) is 2. The van der Waals surface area contributed by atoms with E-state index in [0.29, 0.717) is 11.8 Å². The van der Waals surface area contributed by atoms with Crippen molar-refractivity contribution in [1.82, 2.24) is 9.55 Å². The molecule has 0 aliphatic heterocycles. The van der Waals surface area contributed by atoms with Crippen molar-refractivity contribution in [2.24, 2.45) is 5.92 Å². The van der Waals surface area contributed by atoms with E-state index in [1.807, 2.05) is 6.20 Å². The van der Waals surface area contributed by atoms with Crippen LogP contribution in [0, 0.1) is 5.92 Å². The maximum atomic E-state index is 11.4. The van der Waals surface area contributed by atoms with Gasteiger partial charge in [-0.2, -0.15) is 0 Å². The molecule has 0 fully saturated rings. The standard InChI is InChI=1S/C34H44N2O/c1-9-24-12-11-13-25(10-2)33(24)30-19-28-29(34(7,8)32(37)18-22(3)4)21-36(31(28)20-35-30)27-16-14-26(15-17-27)23(5)6/h11-17,19-23,32,37H,9-10,18H2,1-8H3. The number of nitrogens with zero attached hydrogens (tertiary/aromatic N) is 2. The van der Waals surface area contributed by atoms with Gasteiger partial charge in [0, 0.05) is 28.2 Å². The van der Waals surface area contributed by atoms with Crippen LogP contribution in [0.2, 0.25) is 0 Å². The van der Waals surface area contributed by atoms with E-state index in [0.717, 1.165) is 36.2 Å². The van der Waals surface area contributed by atoms with E-state index in [-0.39, 0.29) is 0 Å². The molecule has 0 spiro atoms. The highest BCUT2D eigenvalue weighted by molar-refractivity contribution is 5.90. The van der Waals surface area contributed by atoms with Crippen LogP contribution in [0.5, 0.6) is 0 Å². The number of aryl methyl sites for hydroxylation is 2. The number of aromatic nitrogens is 2. The van der Waals surface area contributed by atoms with Crippen LogP contribution >= 0.6 is 0 Å². The predicted molar refractivity (Wildman–Crippen MR) is 158 cm³/mol. The third-order valence-electron chi connectivity index (χ3n) is 8.01. The Hall–Kier alpha value is -2.91. The fraction of sp³-hybridized carbons (Fsp3) is 0.441. The number of benzene rings is 2. The largest absolute Gasteiger partial charge is 0.392 e. The molecule has 37 heavy (non-hydrogen) atoms. The van der Waals surface area contributed by atoms with Crippen LogP contribution < -0.4 is 0 Å². The minimum Gasteiger partial charge on any atom is -0.392 e. The minimum atomic E-state index is -0.444. The van der Waals surface area contributed by atoms with Gasteiger partial charge in [0.05, 0.1) is 23.5 Å². The quantitative estimate of drug-likeness (QED) is 0.252. The second-order valence-electron chi connectivity index (χ2n) is 11.8. The summed E-state index contributed by atoms with van der Waals surface area (Å²) in [7, 11) is 0. The summed E-state index contributed by atoms with van der Waals surface area (Å²) in [6.07, 6.45) is 6.52. The molecule has 1 N–H and O–H groups in total. The number of aliphatic hydroxyl groups excluding tert-OH is 1. The smallest absolute Gasteiger partial charge is 0.0716 e. The second kappa shape index (κ2) is 10.8. The van der Waals surface area contributed by atoms with Gasteiger partial charge in [-0.05, 0) is 71.6 Å². The molecule has 2 heterocycles. The van der Waals surface area contributed by atoms with Gasteiger partial charge >= 0.3 is 0 Å². The van der Waals surface area contributed by atoms with Crippen molar-refractivity contribution in [1.29, 1.82) is 0 Å². The SMILES string of the molecule is CCc1cccc(CC)c1-c1cc2c(C(C)(C)C(O)CC(C)C)cn(-c3ccc(C(C)C)cc3)c2cn1. The van der Waals surface area contributed by atoms with Crippen LogP contribution in [0.3, 0.4) is 0 Å². The summed E-state index contributed by atoms with van der Waals surface area (Å²) in [5.41, 5.74) is 9.21. The van der Waals surface area contributed by atoms with E-state index < -0.39 is 11.5 Å². The number of fused-ring (bicyclic) bond motifs is 1. The molecule has 0 bridgehead atoms. The molecule has 4 rings (SSSR count). The highest BCUT2D eigenvalue weighted by Gasteiger charge is 2.34. The second-order valence-corrected chi connectivity index (χ2v) is 11.8. The predicted octanol–water partition coefficient (Wildman–Crippen LogP) is 8.63. The highest BCUT2D eigenvalue weighted by Crippen LogP contribution is 2.39. The van der Waals surface area contributed by atoms with E-state index in [1.165, 1.54) is 33.2 Å². The Kier molecular flexibility index (Phi) is 7.94. The van der Waals surface area contributed by atoms with Gasteiger partial charge in [0.2, 0.25) is 0 Å². The molecule has 1 unspecified atom stereocenters. The summed E-state index contributed by atoms with van der Waals surface area (Å²) in [6.45, 7) is 17.6. The molecule has 1 atom stereocenters. The molecule has 0 saturated carbocycles. The lowest BCUT2D eigenvalue weighted by molar-refractivity contribution is 0.0798. The maximum absolute atomic E-state index is 11.4. The number of rotatable bonds is 9. The minimum absolute atomic E-state index is 0.415. The Morgan fingerprint density at radius 3 is 2.08 bits per heavy atom. The van der Waals surface area contributed by atoms with Crippen molar-refractivity contribution in [3.8, 4) is 16.9 Å². The van der Waals surface area contributed by atoms with Crippen LogP contribution in [0.1, 0.15) is 90.0 Å². The van der Waals surface area contributed by atoms with Crippen molar-refractivity contribution in [3.63, 3.8) is 0 Å². The maximum Gasteiger partial charge on any atom is 0.0716 e. The van der Waals surface area contributed by atoms with E-state index in [9.17, 15) is 5.11 Å². The monoisotopic (exact) mass is 496 g/mol. The molecule has 196 valence electrons. The summed E-state index contributed by atoms with van der Waals surface area (Å²) >= 11 is 0. The molecular formula is C34H44N2O. The van der Waals surface area contributed by atoms with E-state index in [2.05, 4.69) is 115 Å². The highest BCUT2D eigenvalue weighted by atomic mass is 16.3. The van der Waals surface area contributed by atoms with Crippen LogP contribution in [0.25, 0.3) is 27.8 Å². The van der Waals surface area contributed by atoms with E-state index in [4.69, 9.17) is 4.98 Å². The van der Waals surface area contributed by atoms with Crippen molar-refractivity contribution in [2.75, 3.05) is 0 Å². The normalized spacial score (nSPS) is 13.2. The molecule has 0 aliphatic carbocycles. The fourth-order valence-electron chi connectivity index (χ4n) is 5.50. The first-order valence-corrected chi connectivity index (χ1v) is 14.0. The Labute approximate surface area is 223 Å². The fourth-order valence-corrected chi connectivity index (χ4v) is 5.50. The molecule has 4 aromatic rings. The zero-order valence-electron chi connectivity index (χ0n) is 24.0. The van der Waals surface area contributed by atoms with Crippen LogP contribution in [0.4, 0.5) is 0 Å². The number of aliphatic hydroxyl groups is 1. The average Bonchev–Trinajstić information content (AvgIpc) is 3.27. The third kappa shape index (κ3) is 5.25. The van der Waals surface area contributed by atoms with Crippen LogP contribution in [-0.4, -0.2) is 20.8 Å². The summed E-state index contributed by atoms with van der Waals surface area (Å²) in [5, 5.41) is 12.5. The van der Waals surface area contributed by atoms with Crippen molar-refractivity contribution in [3.05, 3.63) is 83.2 Å². The van der Waals surface area contributed by atoms with Crippen LogP contribution in [-0.2, 0) is 18.3 Å². The lowest BCUT2D eigenvalue weighted by atomic mass is 9.76. The van der Waals surface area contributed by atoms with Gasteiger partial charge in [-0.15, -0.1) is 0 Å². The van der Waals surface area contributed by atoms with E-state index >= 15 is 0 Å². The van der Waals surface area contributed by atoms with Crippen molar-refractivity contribution >= 4 is 10.9 Å². The average molecular weight is 497 g/mol. The Morgan fingerprint density at radius 2 is 1.54 bits per heavy atom.